The molecule has 0 aliphatic carbocycles. The van der Waals surface area contributed by atoms with E-state index in [1.54, 1.807) is 12.1 Å². The second kappa shape index (κ2) is 8.61. The lowest BCUT2D eigenvalue weighted by molar-refractivity contribution is -0.140. The molecule has 0 aromatic heterocycles. The third kappa shape index (κ3) is 6.03. The second-order valence-corrected chi connectivity index (χ2v) is 6.79. The molecule has 1 unspecified atom stereocenters. The standard InChI is InChI=1S/C16H23Cl2NO3/c1-9(2)5-14(16(20)21)19-8-11-6-12(17)7-13(18)15(11)22-10(3)4/h6-7,9-10,14,19H,5,8H2,1-4H3,(H,20,21). The molecule has 0 heterocycles. The summed E-state index contributed by atoms with van der Waals surface area (Å²) in [7, 11) is 0. The number of hydrogen-bond acceptors (Lipinski definition) is 3. The van der Waals surface area contributed by atoms with Gasteiger partial charge in [-0.25, -0.2) is 0 Å². The Labute approximate surface area is 141 Å². The van der Waals surface area contributed by atoms with Crippen molar-refractivity contribution in [1.29, 1.82) is 0 Å². The Hall–Kier alpha value is -0.970. The molecule has 1 rings (SSSR count). The smallest absolute Gasteiger partial charge is 0.320 e. The summed E-state index contributed by atoms with van der Waals surface area (Å²) >= 11 is 12.2. The SMILES string of the molecule is CC(C)CC(NCc1cc(Cl)cc(Cl)c1OC(C)C)C(=O)O. The number of aliphatic carboxylic acids is 1. The van der Waals surface area contributed by atoms with Crippen molar-refractivity contribution in [2.24, 2.45) is 5.92 Å². The fourth-order valence-electron chi connectivity index (χ4n) is 2.09. The van der Waals surface area contributed by atoms with E-state index in [0.717, 1.165) is 5.56 Å². The summed E-state index contributed by atoms with van der Waals surface area (Å²) in [5.41, 5.74) is 0.751. The first-order chi connectivity index (χ1) is 10.2. The lowest BCUT2D eigenvalue weighted by atomic mass is 10.0. The topological polar surface area (TPSA) is 58.6 Å². The summed E-state index contributed by atoms with van der Waals surface area (Å²) in [4.78, 5) is 11.3. The van der Waals surface area contributed by atoms with E-state index in [1.807, 2.05) is 27.7 Å². The van der Waals surface area contributed by atoms with Gasteiger partial charge in [-0.3, -0.25) is 4.79 Å². The zero-order valence-electron chi connectivity index (χ0n) is 13.3. The largest absolute Gasteiger partial charge is 0.489 e. The molecule has 22 heavy (non-hydrogen) atoms. The van der Waals surface area contributed by atoms with E-state index >= 15 is 0 Å². The van der Waals surface area contributed by atoms with Crippen LogP contribution in [0.4, 0.5) is 0 Å². The molecular formula is C16H23Cl2NO3. The van der Waals surface area contributed by atoms with Crippen molar-refractivity contribution in [2.45, 2.75) is 52.8 Å². The van der Waals surface area contributed by atoms with E-state index < -0.39 is 12.0 Å². The van der Waals surface area contributed by atoms with Crippen molar-refractivity contribution in [1.82, 2.24) is 5.32 Å². The molecule has 0 bridgehead atoms. The predicted octanol–water partition coefficient (Wildman–Crippen LogP) is 4.37. The van der Waals surface area contributed by atoms with Crippen LogP contribution in [0, 0.1) is 5.92 Å². The molecule has 4 nitrogen and oxygen atoms in total. The average molecular weight is 348 g/mol. The minimum Gasteiger partial charge on any atom is -0.489 e. The van der Waals surface area contributed by atoms with Gasteiger partial charge in [0.05, 0.1) is 11.1 Å². The van der Waals surface area contributed by atoms with E-state index in [2.05, 4.69) is 5.32 Å². The van der Waals surface area contributed by atoms with Gasteiger partial charge in [-0.2, -0.15) is 0 Å². The van der Waals surface area contributed by atoms with Crippen LogP contribution in [0.5, 0.6) is 5.75 Å². The minimum absolute atomic E-state index is 0.0386. The number of hydrogen-bond donors (Lipinski definition) is 2. The first-order valence-electron chi connectivity index (χ1n) is 7.31. The summed E-state index contributed by atoms with van der Waals surface area (Å²) in [5.74, 6) is -0.0432. The number of carbonyl (C=O) groups is 1. The van der Waals surface area contributed by atoms with Crippen LogP contribution >= 0.6 is 23.2 Å². The number of carboxylic acids is 1. The van der Waals surface area contributed by atoms with Gasteiger partial charge < -0.3 is 15.2 Å². The monoisotopic (exact) mass is 347 g/mol. The maximum Gasteiger partial charge on any atom is 0.320 e. The Morgan fingerprint density at radius 3 is 2.41 bits per heavy atom. The molecule has 1 atom stereocenters. The number of benzene rings is 1. The Bertz CT molecular complexity index is 518. The number of carboxylic acid groups (broad SMARTS) is 1. The minimum atomic E-state index is -0.867. The van der Waals surface area contributed by atoms with Crippen LogP contribution in [0.1, 0.15) is 39.7 Å². The highest BCUT2D eigenvalue weighted by Gasteiger charge is 2.20. The number of rotatable bonds is 8. The molecule has 0 saturated heterocycles. The van der Waals surface area contributed by atoms with E-state index in [0.29, 0.717) is 28.8 Å². The lowest BCUT2D eigenvalue weighted by Crippen LogP contribution is -2.37. The fourth-order valence-corrected chi connectivity index (χ4v) is 2.67. The molecule has 0 spiro atoms. The molecule has 0 radical (unpaired) electrons. The van der Waals surface area contributed by atoms with Crippen LogP contribution in [0.3, 0.4) is 0 Å². The van der Waals surface area contributed by atoms with Crippen molar-refractivity contribution >= 4 is 29.2 Å². The molecule has 1 aromatic rings. The Kier molecular flexibility index (Phi) is 7.46. The van der Waals surface area contributed by atoms with Crippen LogP contribution in [-0.2, 0) is 11.3 Å². The van der Waals surface area contributed by atoms with Crippen LogP contribution in [-0.4, -0.2) is 23.2 Å². The van der Waals surface area contributed by atoms with Crippen molar-refractivity contribution in [2.75, 3.05) is 0 Å². The van der Waals surface area contributed by atoms with Crippen molar-refractivity contribution in [3.63, 3.8) is 0 Å². The molecule has 2 N–H and O–H groups in total. The highest BCUT2D eigenvalue weighted by atomic mass is 35.5. The van der Waals surface area contributed by atoms with Gasteiger partial charge in [0, 0.05) is 17.1 Å². The number of ether oxygens (including phenoxy) is 1. The second-order valence-electron chi connectivity index (χ2n) is 5.94. The number of nitrogens with one attached hydrogen (secondary N) is 1. The van der Waals surface area contributed by atoms with Gasteiger partial charge in [0.25, 0.3) is 0 Å². The first kappa shape index (κ1) is 19.1. The molecule has 0 aliphatic rings. The third-order valence-electron chi connectivity index (χ3n) is 2.98. The van der Waals surface area contributed by atoms with Crippen LogP contribution in [0.2, 0.25) is 10.0 Å². The highest BCUT2D eigenvalue weighted by molar-refractivity contribution is 6.35. The molecule has 0 fully saturated rings. The Morgan fingerprint density at radius 2 is 1.91 bits per heavy atom. The molecule has 0 saturated carbocycles. The summed E-state index contributed by atoms with van der Waals surface area (Å²) < 4.78 is 5.73. The molecule has 0 aliphatic heterocycles. The molecule has 124 valence electrons. The van der Waals surface area contributed by atoms with Gasteiger partial charge in [0.2, 0.25) is 0 Å². The summed E-state index contributed by atoms with van der Waals surface area (Å²) in [6.07, 6.45) is 0.507. The quantitative estimate of drug-likeness (QED) is 0.732. The zero-order chi connectivity index (χ0) is 16.9. The Balaban J connectivity index is 2.93. The third-order valence-corrected chi connectivity index (χ3v) is 3.48. The molecule has 1 aromatic carbocycles. The van der Waals surface area contributed by atoms with Gasteiger partial charge in [-0.05, 0) is 38.3 Å². The normalized spacial score (nSPS) is 12.7. The summed E-state index contributed by atoms with van der Waals surface area (Å²) in [6.45, 7) is 8.11. The molecular weight excluding hydrogens is 325 g/mol. The highest BCUT2D eigenvalue weighted by Crippen LogP contribution is 2.33. The maximum atomic E-state index is 11.3. The van der Waals surface area contributed by atoms with Crippen LogP contribution in [0.15, 0.2) is 12.1 Å². The zero-order valence-corrected chi connectivity index (χ0v) is 14.8. The van der Waals surface area contributed by atoms with Gasteiger partial charge in [0.15, 0.2) is 0 Å². The van der Waals surface area contributed by atoms with Crippen LogP contribution < -0.4 is 10.1 Å². The van der Waals surface area contributed by atoms with Gasteiger partial charge in [0.1, 0.15) is 11.8 Å². The fraction of sp³-hybridized carbons (Fsp3) is 0.562. The number of halogens is 2. The molecule has 6 heteroatoms. The average Bonchev–Trinajstić information content (AvgIpc) is 2.37. The first-order valence-corrected chi connectivity index (χ1v) is 8.07. The van der Waals surface area contributed by atoms with Gasteiger partial charge >= 0.3 is 5.97 Å². The Morgan fingerprint density at radius 1 is 1.27 bits per heavy atom. The van der Waals surface area contributed by atoms with E-state index in [4.69, 9.17) is 27.9 Å². The van der Waals surface area contributed by atoms with E-state index in [9.17, 15) is 9.90 Å². The predicted molar refractivity (Wildman–Crippen MR) is 89.9 cm³/mol. The summed E-state index contributed by atoms with van der Waals surface area (Å²) in [5, 5.41) is 13.2. The summed E-state index contributed by atoms with van der Waals surface area (Å²) in [6, 6.07) is 2.74. The van der Waals surface area contributed by atoms with Crippen molar-refractivity contribution < 1.29 is 14.6 Å². The van der Waals surface area contributed by atoms with Crippen molar-refractivity contribution in [3.05, 3.63) is 27.7 Å². The van der Waals surface area contributed by atoms with Crippen LogP contribution in [0.25, 0.3) is 0 Å². The molecule has 0 amide bonds. The van der Waals surface area contributed by atoms with Crippen molar-refractivity contribution in [3.8, 4) is 5.75 Å². The lowest BCUT2D eigenvalue weighted by Gasteiger charge is -2.20. The van der Waals surface area contributed by atoms with E-state index in [1.165, 1.54) is 0 Å². The van der Waals surface area contributed by atoms with Gasteiger partial charge in [-0.1, -0.05) is 37.0 Å². The van der Waals surface area contributed by atoms with E-state index in [-0.39, 0.29) is 12.0 Å². The maximum absolute atomic E-state index is 11.3. The van der Waals surface area contributed by atoms with Gasteiger partial charge in [-0.15, -0.1) is 0 Å².